The van der Waals surface area contributed by atoms with Crippen LogP contribution >= 0.6 is 0 Å². The van der Waals surface area contributed by atoms with Crippen molar-refractivity contribution in [3.05, 3.63) is 53.2 Å². The topological polar surface area (TPSA) is 62.5 Å². The van der Waals surface area contributed by atoms with E-state index in [2.05, 4.69) is 5.32 Å². The molecule has 0 saturated heterocycles. The van der Waals surface area contributed by atoms with E-state index in [1.54, 1.807) is 0 Å². The summed E-state index contributed by atoms with van der Waals surface area (Å²) in [5, 5.41) is 11.0. The molecule has 2 N–H and O–H groups in total. The summed E-state index contributed by atoms with van der Waals surface area (Å²) in [5.74, 6) is -4.77. The standard InChI is InChI=1S/C12H8F3NO3/c13-6-3-8(14)11(15)9(4-6)16-5-7-1-2-10(19-7)12(17)18/h1-4,16H,5H2,(H,17,18). The van der Waals surface area contributed by atoms with Gasteiger partial charge in [-0.1, -0.05) is 0 Å². The number of rotatable bonds is 4. The Morgan fingerprint density at radius 2 is 2.00 bits per heavy atom. The Morgan fingerprint density at radius 3 is 2.63 bits per heavy atom. The highest BCUT2D eigenvalue weighted by Gasteiger charge is 2.12. The first-order chi connectivity index (χ1) is 8.97. The Balaban J connectivity index is 2.12. The highest BCUT2D eigenvalue weighted by atomic mass is 19.2. The minimum Gasteiger partial charge on any atom is -0.475 e. The summed E-state index contributed by atoms with van der Waals surface area (Å²) in [6.07, 6.45) is 0. The van der Waals surface area contributed by atoms with Gasteiger partial charge in [0.25, 0.3) is 0 Å². The molecule has 0 spiro atoms. The molecule has 0 bridgehead atoms. The maximum atomic E-state index is 13.3. The van der Waals surface area contributed by atoms with E-state index in [9.17, 15) is 18.0 Å². The molecule has 0 aliphatic carbocycles. The number of hydrogen-bond donors (Lipinski definition) is 2. The van der Waals surface area contributed by atoms with Crippen LogP contribution in [-0.4, -0.2) is 11.1 Å². The fourth-order valence-electron chi connectivity index (χ4n) is 1.45. The second-order valence-corrected chi connectivity index (χ2v) is 3.67. The first-order valence-corrected chi connectivity index (χ1v) is 5.18. The van der Waals surface area contributed by atoms with Crippen LogP contribution in [0.25, 0.3) is 0 Å². The van der Waals surface area contributed by atoms with E-state index >= 15 is 0 Å². The second-order valence-electron chi connectivity index (χ2n) is 3.67. The molecule has 0 atom stereocenters. The monoisotopic (exact) mass is 271 g/mol. The van der Waals surface area contributed by atoms with Gasteiger partial charge in [0.15, 0.2) is 11.6 Å². The van der Waals surface area contributed by atoms with Crippen LogP contribution in [0.15, 0.2) is 28.7 Å². The van der Waals surface area contributed by atoms with E-state index in [-0.39, 0.29) is 23.8 Å². The molecular formula is C12H8F3NO3. The van der Waals surface area contributed by atoms with E-state index in [0.29, 0.717) is 6.07 Å². The maximum absolute atomic E-state index is 13.3. The summed E-state index contributed by atoms with van der Waals surface area (Å²) in [4.78, 5) is 10.6. The summed E-state index contributed by atoms with van der Waals surface area (Å²) in [7, 11) is 0. The van der Waals surface area contributed by atoms with Crippen molar-refractivity contribution in [2.24, 2.45) is 0 Å². The smallest absolute Gasteiger partial charge is 0.371 e. The molecule has 1 aromatic heterocycles. The first-order valence-electron chi connectivity index (χ1n) is 5.18. The van der Waals surface area contributed by atoms with Crippen molar-refractivity contribution in [3.63, 3.8) is 0 Å². The van der Waals surface area contributed by atoms with Crippen LogP contribution in [0.2, 0.25) is 0 Å². The minimum atomic E-state index is -1.31. The Bertz CT molecular complexity index is 625. The highest BCUT2D eigenvalue weighted by Crippen LogP contribution is 2.20. The number of aromatic carboxylic acids is 1. The fourth-order valence-corrected chi connectivity index (χ4v) is 1.45. The zero-order valence-electron chi connectivity index (χ0n) is 9.41. The summed E-state index contributed by atoms with van der Waals surface area (Å²) < 4.78 is 44.0. The third-order valence-electron chi connectivity index (χ3n) is 2.32. The predicted octanol–water partition coefficient (Wildman–Crippen LogP) is 3.01. The molecule has 0 radical (unpaired) electrons. The van der Waals surface area contributed by atoms with Gasteiger partial charge in [0.2, 0.25) is 5.76 Å². The van der Waals surface area contributed by atoms with E-state index in [1.807, 2.05) is 0 Å². The molecular weight excluding hydrogens is 263 g/mol. The van der Waals surface area contributed by atoms with Crippen LogP contribution < -0.4 is 5.32 Å². The van der Waals surface area contributed by atoms with E-state index in [1.165, 1.54) is 12.1 Å². The third kappa shape index (κ3) is 2.87. The Labute approximate surface area is 105 Å². The molecule has 0 saturated carbocycles. The molecule has 0 fully saturated rings. The number of carboxylic acid groups (broad SMARTS) is 1. The number of benzene rings is 1. The van der Waals surface area contributed by atoms with Gasteiger partial charge in [-0.15, -0.1) is 0 Å². The van der Waals surface area contributed by atoms with Crippen LogP contribution in [0.4, 0.5) is 18.9 Å². The molecule has 0 aliphatic heterocycles. The molecule has 4 nitrogen and oxygen atoms in total. The van der Waals surface area contributed by atoms with Crippen molar-refractivity contribution in [1.82, 2.24) is 0 Å². The number of hydrogen-bond acceptors (Lipinski definition) is 3. The van der Waals surface area contributed by atoms with E-state index in [4.69, 9.17) is 9.52 Å². The van der Waals surface area contributed by atoms with Crippen LogP contribution in [0.1, 0.15) is 16.3 Å². The molecule has 0 unspecified atom stereocenters. The van der Waals surface area contributed by atoms with Crippen molar-refractivity contribution >= 4 is 11.7 Å². The van der Waals surface area contributed by atoms with Gasteiger partial charge < -0.3 is 14.8 Å². The van der Waals surface area contributed by atoms with Crippen molar-refractivity contribution in [3.8, 4) is 0 Å². The Hall–Kier alpha value is -2.44. The number of carbonyl (C=O) groups is 1. The number of carboxylic acids is 1. The minimum absolute atomic E-state index is 0.104. The molecule has 7 heteroatoms. The average Bonchev–Trinajstić information content (AvgIpc) is 2.81. The zero-order valence-corrected chi connectivity index (χ0v) is 9.41. The van der Waals surface area contributed by atoms with Crippen molar-refractivity contribution < 1.29 is 27.5 Å². The maximum Gasteiger partial charge on any atom is 0.371 e. The molecule has 19 heavy (non-hydrogen) atoms. The lowest BCUT2D eigenvalue weighted by Crippen LogP contribution is -2.03. The van der Waals surface area contributed by atoms with Crippen molar-refractivity contribution in [2.75, 3.05) is 5.32 Å². The van der Waals surface area contributed by atoms with Gasteiger partial charge >= 0.3 is 5.97 Å². The Morgan fingerprint density at radius 1 is 1.26 bits per heavy atom. The highest BCUT2D eigenvalue weighted by molar-refractivity contribution is 5.84. The predicted molar refractivity (Wildman–Crippen MR) is 59.3 cm³/mol. The SMILES string of the molecule is O=C(O)c1ccc(CNc2cc(F)cc(F)c2F)o1. The summed E-state index contributed by atoms with van der Waals surface area (Å²) >= 11 is 0. The van der Waals surface area contributed by atoms with Gasteiger partial charge in [0, 0.05) is 12.1 Å². The van der Waals surface area contributed by atoms with Gasteiger partial charge in [-0.3, -0.25) is 0 Å². The van der Waals surface area contributed by atoms with Gasteiger partial charge in [-0.05, 0) is 12.1 Å². The van der Waals surface area contributed by atoms with Crippen LogP contribution in [0.5, 0.6) is 0 Å². The number of halogens is 3. The lowest BCUT2D eigenvalue weighted by molar-refractivity contribution is 0.0660. The Kier molecular flexibility index (Phi) is 3.46. The average molecular weight is 271 g/mol. The van der Waals surface area contributed by atoms with Gasteiger partial charge in [-0.2, -0.15) is 0 Å². The first kappa shape index (κ1) is 13.0. The van der Waals surface area contributed by atoms with Gasteiger partial charge in [0.05, 0.1) is 12.2 Å². The zero-order chi connectivity index (χ0) is 14.0. The molecule has 0 aliphatic rings. The molecule has 100 valence electrons. The van der Waals surface area contributed by atoms with E-state index < -0.39 is 23.4 Å². The van der Waals surface area contributed by atoms with Crippen molar-refractivity contribution in [2.45, 2.75) is 6.54 Å². The normalized spacial score (nSPS) is 10.5. The lowest BCUT2D eigenvalue weighted by atomic mass is 10.2. The quantitative estimate of drug-likeness (QED) is 0.839. The van der Waals surface area contributed by atoms with Gasteiger partial charge in [-0.25, -0.2) is 18.0 Å². The summed E-state index contributed by atoms with van der Waals surface area (Å²) in [5.41, 5.74) is -0.370. The van der Waals surface area contributed by atoms with Gasteiger partial charge in [0.1, 0.15) is 11.6 Å². The summed E-state index contributed by atoms with van der Waals surface area (Å²) in [6, 6.07) is 3.81. The lowest BCUT2D eigenvalue weighted by Gasteiger charge is -2.06. The molecule has 2 aromatic rings. The number of furan rings is 1. The van der Waals surface area contributed by atoms with Crippen LogP contribution in [-0.2, 0) is 6.54 Å². The van der Waals surface area contributed by atoms with Crippen LogP contribution in [0.3, 0.4) is 0 Å². The molecule has 2 rings (SSSR count). The van der Waals surface area contributed by atoms with Crippen molar-refractivity contribution in [1.29, 1.82) is 0 Å². The third-order valence-corrected chi connectivity index (χ3v) is 2.32. The summed E-state index contributed by atoms with van der Waals surface area (Å²) in [6.45, 7) is -0.104. The number of nitrogens with one attached hydrogen (secondary N) is 1. The van der Waals surface area contributed by atoms with E-state index in [0.717, 1.165) is 6.07 Å². The number of anilines is 1. The molecule has 1 heterocycles. The second kappa shape index (κ2) is 5.05. The van der Waals surface area contributed by atoms with Crippen LogP contribution in [0, 0.1) is 17.5 Å². The molecule has 0 amide bonds. The fraction of sp³-hybridized carbons (Fsp3) is 0.0833. The largest absolute Gasteiger partial charge is 0.475 e. The molecule has 1 aromatic carbocycles.